The monoisotopic (exact) mass is 416 g/mol. The van der Waals surface area contributed by atoms with Gasteiger partial charge in [-0.3, -0.25) is 9.59 Å². The van der Waals surface area contributed by atoms with Crippen LogP contribution in [0.1, 0.15) is 29.3 Å². The highest BCUT2D eigenvalue weighted by Gasteiger charge is 2.24. The number of amides is 2. The molecule has 1 saturated heterocycles. The van der Waals surface area contributed by atoms with Gasteiger partial charge in [-0.25, -0.2) is 0 Å². The number of anilines is 1. The number of hydrogen-bond donors (Lipinski definition) is 1. The molecule has 29 heavy (non-hydrogen) atoms. The first kappa shape index (κ1) is 21.1. The summed E-state index contributed by atoms with van der Waals surface area (Å²) in [5.74, 6) is 0.153. The number of para-hydroxylation sites is 1. The number of hydrogen-bond acceptors (Lipinski definition) is 4. The Morgan fingerprint density at radius 1 is 1.21 bits per heavy atom. The lowest BCUT2D eigenvalue weighted by molar-refractivity contribution is -0.122. The molecule has 0 radical (unpaired) electrons. The molecule has 0 bridgehead atoms. The summed E-state index contributed by atoms with van der Waals surface area (Å²) in [5.41, 5.74) is 1.81. The molecule has 1 aliphatic heterocycles. The first-order chi connectivity index (χ1) is 14.0. The van der Waals surface area contributed by atoms with E-state index in [1.165, 1.54) is 0 Å². The van der Waals surface area contributed by atoms with Crippen LogP contribution in [0.4, 0.5) is 5.69 Å². The fraction of sp³-hybridized carbons (Fsp3) is 0.364. The number of rotatable bonds is 6. The molecule has 2 amide bonds. The molecule has 0 spiro atoms. The lowest BCUT2D eigenvalue weighted by Gasteiger charge is -2.27. The van der Waals surface area contributed by atoms with Crippen LogP contribution in [0.2, 0.25) is 5.02 Å². The Hall–Kier alpha value is -2.57. The van der Waals surface area contributed by atoms with Crippen molar-refractivity contribution in [2.24, 2.45) is 0 Å². The normalized spacial score (nSPS) is 14.9. The molecule has 154 valence electrons. The highest BCUT2D eigenvalue weighted by atomic mass is 35.5. The number of nitrogens with zero attached hydrogens (tertiary/aromatic N) is 1. The molecule has 0 unspecified atom stereocenters. The number of ether oxygens (including phenoxy) is 2. The van der Waals surface area contributed by atoms with Gasteiger partial charge in [-0.15, -0.1) is 0 Å². The molecule has 3 rings (SSSR count). The molecule has 6 nitrogen and oxygen atoms in total. The van der Waals surface area contributed by atoms with Crippen molar-refractivity contribution in [3.05, 3.63) is 58.6 Å². The van der Waals surface area contributed by atoms with Crippen molar-refractivity contribution in [3.8, 4) is 5.75 Å². The third-order valence-corrected chi connectivity index (χ3v) is 5.21. The molecular weight excluding hydrogens is 392 g/mol. The second kappa shape index (κ2) is 9.76. The van der Waals surface area contributed by atoms with Crippen LogP contribution in [-0.4, -0.2) is 49.1 Å². The van der Waals surface area contributed by atoms with E-state index in [1.54, 1.807) is 47.4 Å². The number of carbonyl (C=O) groups excluding carboxylic acids is 2. The van der Waals surface area contributed by atoms with Gasteiger partial charge in [-0.2, -0.15) is 0 Å². The van der Waals surface area contributed by atoms with Crippen molar-refractivity contribution in [2.45, 2.75) is 26.4 Å². The maximum atomic E-state index is 12.9. The SMILES string of the molecule is CC[C@@H](Oc1ccc(Cl)c(C)c1)C(=O)Nc1ccccc1C(=O)N1CCOCC1. The van der Waals surface area contributed by atoms with E-state index in [9.17, 15) is 9.59 Å². The zero-order chi connectivity index (χ0) is 20.8. The van der Waals surface area contributed by atoms with Gasteiger partial charge in [0.25, 0.3) is 11.8 Å². The highest BCUT2D eigenvalue weighted by molar-refractivity contribution is 6.31. The first-order valence-corrected chi connectivity index (χ1v) is 10.1. The predicted molar refractivity (Wildman–Crippen MR) is 113 cm³/mol. The van der Waals surface area contributed by atoms with E-state index < -0.39 is 6.10 Å². The second-order valence-electron chi connectivity index (χ2n) is 6.87. The smallest absolute Gasteiger partial charge is 0.265 e. The Kier molecular flexibility index (Phi) is 7.12. The predicted octanol–water partition coefficient (Wildman–Crippen LogP) is 3.92. The largest absolute Gasteiger partial charge is 0.481 e. The first-order valence-electron chi connectivity index (χ1n) is 9.69. The summed E-state index contributed by atoms with van der Waals surface area (Å²) in [7, 11) is 0. The van der Waals surface area contributed by atoms with Crippen LogP contribution in [0.5, 0.6) is 5.75 Å². The van der Waals surface area contributed by atoms with Crippen molar-refractivity contribution < 1.29 is 19.1 Å². The Morgan fingerprint density at radius 2 is 1.93 bits per heavy atom. The van der Waals surface area contributed by atoms with E-state index in [-0.39, 0.29) is 11.8 Å². The number of carbonyl (C=O) groups is 2. The Labute approximate surface area is 175 Å². The van der Waals surface area contributed by atoms with Crippen LogP contribution in [0.15, 0.2) is 42.5 Å². The maximum absolute atomic E-state index is 12.9. The lowest BCUT2D eigenvalue weighted by Crippen LogP contribution is -2.41. The summed E-state index contributed by atoms with van der Waals surface area (Å²) < 4.78 is 11.2. The van der Waals surface area contributed by atoms with Gasteiger partial charge in [0.2, 0.25) is 0 Å². The fourth-order valence-electron chi connectivity index (χ4n) is 3.11. The number of morpholine rings is 1. The van der Waals surface area contributed by atoms with E-state index >= 15 is 0 Å². The maximum Gasteiger partial charge on any atom is 0.265 e. The van der Waals surface area contributed by atoms with E-state index in [0.717, 1.165) is 5.56 Å². The second-order valence-corrected chi connectivity index (χ2v) is 7.27. The van der Waals surface area contributed by atoms with Gasteiger partial charge in [-0.1, -0.05) is 30.7 Å². The van der Waals surface area contributed by atoms with Gasteiger partial charge < -0.3 is 19.7 Å². The summed E-state index contributed by atoms with van der Waals surface area (Å²) in [4.78, 5) is 27.5. The van der Waals surface area contributed by atoms with Crippen LogP contribution in [0, 0.1) is 6.92 Å². The van der Waals surface area contributed by atoms with Gasteiger partial charge >= 0.3 is 0 Å². The van der Waals surface area contributed by atoms with Gasteiger partial charge in [-0.05, 0) is 49.2 Å². The minimum Gasteiger partial charge on any atom is -0.481 e. The average Bonchev–Trinajstić information content (AvgIpc) is 2.75. The molecule has 2 aromatic carbocycles. The Bertz CT molecular complexity index is 881. The van der Waals surface area contributed by atoms with Crippen LogP contribution in [-0.2, 0) is 9.53 Å². The summed E-state index contributed by atoms with van der Waals surface area (Å²) in [6.07, 6.45) is -0.213. The molecule has 1 N–H and O–H groups in total. The molecule has 0 saturated carbocycles. The number of aryl methyl sites for hydroxylation is 1. The molecular formula is C22H25ClN2O4. The fourth-order valence-corrected chi connectivity index (χ4v) is 3.22. The zero-order valence-corrected chi connectivity index (χ0v) is 17.4. The molecule has 2 aromatic rings. The van der Waals surface area contributed by atoms with Gasteiger partial charge in [0.1, 0.15) is 5.75 Å². The minimum atomic E-state index is -0.692. The van der Waals surface area contributed by atoms with Crippen molar-refractivity contribution in [3.63, 3.8) is 0 Å². The standard InChI is InChI=1S/C22H25ClN2O4/c1-3-20(29-16-8-9-18(23)15(2)14-16)21(26)24-19-7-5-4-6-17(19)22(27)25-10-12-28-13-11-25/h4-9,14,20H,3,10-13H2,1-2H3,(H,24,26)/t20-/m1/s1. The van der Waals surface area contributed by atoms with Crippen LogP contribution < -0.4 is 10.1 Å². The van der Waals surface area contributed by atoms with Crippen molar-refractivity contribution in [2.75, 3.05) is 31.6 Å². The van der Waals surface area contributed by atoms with Gasteiger partial charge in [0.15, 0.2) is 6.10 Å². The molecule has 0 aliphatic carbocycles. The van der Waals surface area contributed by atoms with E-state index in [2.05, 4.69) is 5.32 Å². The molecule has 1 aliphatic rings. The lowest BCUT2D eigenvalue weighted by atomic mass is 10.1. The molecule has 7 heteroatoms. The number of benzene rings is 2. The van der Waals surface area contributed by atoms with E-state index in [0.29, 0.717) is 54.7 Å². The third kappa shape index (κ3) is 5.28. The van der Waals surface area contributed by atoms with Crippen LogP contribution in [0.25, 0.3) is 0 Å². The topological polar surface area (TPSA) is 67.9 Å². The van der Waals surface area contributed by atoms with E-state index in [4.69, 9.17) is 21.1 Å². The van der Waals surface area contributed by atoms with Gasteiger partial charge in [0.05, 0.1) is 24.5 Å². The van der Waals surface area contributed by atoms with Crippen molar-refractivity contribution in [1.29, 1.82) is 0 Å². The van der Waals surface area contributed by atoms with E-state index in [1.807, 2.05) is 13.8 Å². The van der Waals surface area contributed by atoms with Crippen LogP contribution >= 0.6 is 11.6 Å². The zero-order valence-electron chi connectivity index (χ0n) is 16.6. The van der Waals surface area contributed by atoms with Crippen LogP contribution in [0.3, 0.4) is 0 Å². The quantitative estimate of drug-likeness (QED) is 0.775. The Balaban J connectivity index is 1.73. The number of halogens is 1. The summed E-state index contributed by atoms with van der Waals surface area (Å²) in [6.45, 7) is 5.87. The van der Waals surface area contributed by atoms with Crippen molar-refractivity contribution in [1.82, 2.24) is 4.90 Å². The molecule has 1 atom stereocenters. The minimum absolute atomic E-state index is 0.119. The molecule has 1 heterocycles. The molecule has 0 aromatic heterocycles. The summed E-state index contributed by atoms with van der Waals surface area (Å²) >= 11 is 6.05. The summed E-state index contributed by atoms with van der Waals surface area (Å²) in [5, 5.41) is 3.50. The summed E-state index contributed by atoms with van der Waals surface area (Å²) in [6, 6.07) is 12.3. The Morgan fingerprint density at radius 3 is 2.62 bits per heavy atom. The third-order valence-electron chi connectivity index (χ3n) is 4.78. The highest BCUT2D eigenvalue weighted by Crippen LogP contribution is 2.23. The molecule has 1 fully saturated rings. The average molecular weight is 417 g/mol. The van der Waals surface area contributed by atoms with Gasteiger partial charge in [0, 0.05) is 18.1 Å². The van der Waals surface area contributed by atoms with Crippen molar-refractivity contribution >= 4 is 29.1 Å². The number of nitrogens with one attached hydrogen (secondary N) is 1.